The van der Waals surface area contributed by atoms with Crippen LogP contribution in [0, 0.1) is 12.7 Å². The molecule has 1 aromatic carbocycles. The summed E-state index contributed by atoms with van der Waals surface area (Å²) in [6.07, 6.45) is 8.87. The fourth-order valence-electron chi connectivity index (χ4n) is 4.29. The fourth-order valence-corrected chi connectivity index (χ4v) is 4.29. The van der Waals surface area contributed by atoms with Crippen molar-refractivity contribution in [2.45, 2.75) is 13.5 Å². The molecule has 0 saturated carbocycles. The Balaban J connectivity index is 1.48. The number of hydrogen-bond acceptors (Lipinski definition) is 6. The van der Waals surface area contributed by atoms with E-state index in [9.17, 15) is 0 Å². The zero-order chi connectivity index (χ0) is 24.1. The Morgan fingerprint density at radius 3 is 2.74 bits per heavy atom. The zero-order valence-electron chi connectivity index (χ0n) is 19.4. The minimum atomic E-state index is -0.412. The number of fused-ring (bicyclic) bond motifs is 2. The summed E-state index contributed by atoms with van der Waals surface area (Å²) in [6.45, 7) is 2.66. The first-order chi connectivity index (χ1) is 17.0. The number of aromatic nitrogens is 8. The molecule has 0 aliphatic rings. The number of pyridine rings is 2. The molecule has 0 saturated heterocycles. The third-order valence-electron chi connectivity index (χ3n) is 5.81. The van der Waals surface area contributed by atoms with Crippen molar-refractivity contribution in [2.75, 3.05) is 14.1 Å². The van der Waals surface area contributed by atoms with Gasteiger partial charge in [0.25, 0.3) is 0 Å². The van der Waals surface area contributed by atoms with E-state index < -0.39 is 5.82 Å². The lowest BCUT2D eigenvalue weighted by Gasteiger charge is -2.10. The first-order valence-electron chi connectivity index (χ1n) is 11.1. The van der Waals surface area contributed by atoms with E-state index in [0.717, 1.165) is 34.4 Å². The second-order valence-corrected chi connectivity index (χ2v) is 8.81. The Hall–Kier alpha value is -4.44. The number of aromatic amines is 2. The highest BCUT2D eigenvalue weighted by atomic mass is 19.1. The largest absolute Gasteiger partial charge is 0.336 e. The van der Waals surface area contributed by atoms with Crippen LogP contribution in [0.5, 0.6) is 0 Å². The quantitative estimate of drug-likeness (QED) is 0.393. The summed E-state index contributed by atoms with van der Waals surface area (Å²) < 4.78 is 16.9. The van der Waals surface area contributed by atoms with Crippen molar-refractivity contribution >= 4 is 21.9 Å². The average Bonchev–Trinajstić information content (AvgIpc) is 3.56. The van der Waals surface area contributed by atoms with Crippen LogP contribution in [0.1, 0.15) is 11.3 Å². The molecule has 0 bridgehead atoms. The lowest BCUT2D eigenvalue weighted by atomic mass is 10.0. The maximum Gasteiger partial charge on any atom is 0.166 e. The van der Waals surface area contributed by atoms with Crippen molar-refractivity contribution < 1.29 is 4.39 Å². The smallest absolute Gasteiger partial charge is 0.166 e. The number of rotatable bonds is 5. The van der Waals surface area contributed by atoms with Gasteiger partial charge in [-0.3, -0.25) is 14.6 Å². The molecular weight excluding hydrogens is 445 g/mol. The first kappa shape index (κ1) is 21.1. The summed E-state index contributed by atoms with van der Waals surface area (Å²) >= 11 is 0. The number of benzene rings is 1. The molecule has 0 amide bonds. The highest BCUT2D eigenvalue weighted by Gasteiger charge is 2.18. The molecule has 0 spiro atoms. The number of H-pyrrole nitrogens is 2. The molecule has 0 unspecified atom stereocenters. The van der Waals surface area contributed by atoms with Crippen LogP contribution in [0.3, 0.4) is 0 Å². The maximum absolute atomic E-state index is 15.1. The van der Waals surface area contributed by atoms with Gasteiger partial charge < -0.3 is 9.88 Å². The molecule has 5 aromatic heterocycles. The monoisotopic (exact) mass is 467 g/mol. The molecule has 0 atom stereocenters. The second-order valence-electron chi connectivity index (χ2n) is 8.81. The molecule has 10 heteroatoms. The Morgan fingerprint density at radius 2 is 1.94 bits per heavy atom. The van der Waals surface area contributed by atoms with Crippen LogP contribution in [0.2, 0.25) is 0 Å². The van der Waals surface area contributed by atoms with Gasteiger partial charge in [0.15, 0.2) is 17.5 Å². The number of imidazole rings is 2. The van der Waals surface area contributed by atoms with Crippen molar-refractivity contribution in [1.29, 1.82) is 0 Å². The lowest BCUT2D eigenvalue weighted by molar-refractivity contribution is 0.402. The van der Waals surface area contributed by atoms with Crippen LogP contribution >= 0.6 is 0 Å². The number of halogens is 1. The van der Waals surface area contributed by atoms with E-state index in [1.54, 1.807) is 18.7 Å². The predicted octanol–water partition coefficient (Wildman–Crippen LogP) is 4.26. The normalized spacial score (nSPS) is 11.8. The Labute approximate surface area is 199 Å². The van der Waals surface area contributed by atoms with Crippen LogP contribution in [0.4, 0.5) is 4.39 Å². The van der Waals surface area contributed by atoms with Crippen molar-refractivity contribution in [2.24, 2.45) is 0 Å². The van der Waals surface area contributed by atoms with Crippen molar-refractivity contribution in [3.05, 3.63) is 72.5 Å². The van der Waals surface area contributed by atoms with Crippen LogP contribution < -0.4 is 0 Å². The van der Waals surface area contributed by atoms with Crippen LogP contribution in [0.15, 0.2) is 55.4 Å². The molecule has 6 aromatic rings. The van der Waals surface area contributed by atoms with Gasteiger partial charge in [0.2, 0.25) is 0 Å². The highest BCUT2D eigenvalue weighted by Crippen LogP contribution is 2.33. The zero-order valence-corrected chi connectivity index (χ0v) is 19.4. The molecule has 0 aliphatic heterocycles. The SMILES string of the molecule is Cc1cn(-c2nccc3[nH]c(-c4[nH]nc5c(F)cc(-c6cncc(CN(C)C)c6)cc45)nc23)cn1. The van der Waals surface area contributed by atoms with E-state index in [2.05, 4.69) is 35.0 Å². The topological polar surface area (TPSA) is 104 Å². The summed E-state index contributed by atoms with van der Waals surface area (Å²) in [6, 6.07) is 7.29. The van der Waals surface area contributed by atoms with E-state index >= 15 is 4.39 Å². The lowest BCUT2D eigenvalue weighted by Crippen LogP contribution is -2.10. The van der Waals surface area contributed by atoms with E-state index in [4.69, 9.17) is 4.98 Å². The predicted molar refractivity (Wildman–Crippen MR) is 131 cm³/mol. The van der Waals surface area contributed by atoms with Gasteiger partial charge in [-0.05, 0) is 56.4 Å². The number of nitrogens with one attached hydrogen (secondary N) is 2. The maximum atomic E-state index is 15.1. The van der Waals surface area contributed by atoms with Gasteiger partial charge in [-0.15, -0.1) is 0 Å². The van der Waals surface area contributed by atoms with Gasteiger partial charge in [-0.2, -0.15) is 5.10 Å². The van der Waals surface area contributed by atoms with E-state index in [1.165, 1.54) is 6.07 Å². The molecule has 6 rings (SSSR count). The van der Waals surface area contributed by atoms with Gasteiger partial charge >= 0.3 is 0 Å². The molecule has 5 heterocycles. The molecular formula is C25H22FN9. The van der Waals surface area contributed by atoms with E-state index in [-0.39, 0.29) is 5.52 Å². The van der Waals surface area contributed by atoms with Gasteiger partial charge in [0, 0.05) is 42.3 Å². The minimum Gasteiger partial charge on any atom is -0.336 e. The molecule has 174 valence electrons. The minimum absolute atomic E-state index is 0.255. The molecule has 9 nitrogen and oxygen atoms in total. The van der Waals surface area contributed by atoms with Gasteiger partial charge in [0.1, 0.15) is 23.1 Å². The summed E-state index contributed by atoms with van der Waals surface area (Å²) in [7, 11) is 4.00. The van der Waals surface area contributed by atoms with E-state index in [0.29, 0.717) is 28.2 Å². The van der Waals surface area contributed by atoms with E-state index in [1.807, 2.05) is 56.2 Å². The second kappa shape index (κ2) is 8.10. The Kier molecular flexibility index (Phi) is 4.89. The van der Waals surface area contributed by atoms with Crippen molar-refractivity contribution in [3.63, 3.8) is 0 Å². The third-order valence-corrected chi connectivity index (χ3v) is 5.81. The van der Waals surface area contributed by atoms with Gasteiger partial charge in [0.05, 0.1) is 11.2 Å². The van der Waals surface area contributed by atoms with Gasteiger partial charge in [-0.25, -0.2) is 19.3 Å². The number of nitrogens with zero attached hydrogens (tertiary/aromatic N) is 7. The first-order valence-corrected chi connectivity index (χ1v) is 11.1. The number of aryl methyl sites for hydroxylation is 1. The average molecular weight is 468 g/mol. The van der Waals surface area contributed by atoms with Crippen molar-refractivity contribution in [1.82, 2.24) is 44.6 Å². The standard InChI is InChI=1S/C25H22FN9/c1-14-11-35(13-29-14)25-23-20(4-5-28-25)30-24(31-23)22-18-7-16(8-19(26)21(18)32-33-22)17-6-15(9-27-10-17)12-34(2)3/h4-11,13H,12H2,1-3H3,(H,30,31)(H,32,33). The number of hydrogen-bond donors (Lipinski definition) is 2. The third kappa shape index (κ3) is 3.73. The molecule has 0 radical (unpaired) electrons. The molecule has 0 aliphatic carbocycles. The highest BCUT2D eigenvalue weighted by molar-refractivity contribution is 5.96. The fraction of sp³-hybridized carbons (Fsp3) is 0.160. The summed E-state index contributed by atoms with van der Waals surface area (Å²) in [4.78, 5) is 23.3. The van der Waals surface area contributed by atoms with Crippen LogP contribution in [0.25, 0.3) is 50.4 Å². The van der Waals surface area contributed by atoms with Crippen LogP contribution in [-0.2, 0) is 6.54 Å². The molecule has 35 heavy (non-hydrogen) atoms. The molecule has 2 N–H and O–H groups in total. The Bertz CT molecular complexity index is 1690. The van der Waals surface area contributed by atoms with Gasteiger partial charge in [-0.1, -0.05) is 0 Å². The van der Waals surface area contributed by atoms with Crippen LogP contribution in [-0.4, -0.2) is 58.7 Å². The Morgan fingerprint density at radius 1 is 1.06 bits per heavy atom. The summed E-state index contributed by atoms with van der Waals surface area (Å²) in [5.41, 5.74) is 5.82. The van der Waals surface area contributed by atoms with Crippen molar-refractivity contribution in [3.8, 4) is 28.5 Å². The summed E-state index contributed by atoms with van der Waals surface area (Å²) in [5, 5.41) is 7.82. The molecule has 0 fully saturated rings. The summed E-state index contributed by atoms with van der Waals surface area (Å²) in [5.74, 6) is 0.792.